The van der Waals surface area contributed by atoms with Gasteiger partial charge in [0.1, 0.15) is 6.58 Å². The van der Waals surface area contributed by atoms with Gasteiger partial charge in [0, 0.05) is 6.42 Å². The molecule has 0 aromatic rings. The molecule has 0 N–H and O–H groups in total. The molecule has 0 atom stereocenters. The monoisotopic (exact) mass is 2070 g/mol. The van der Waals surface area contributed by atoms with Crippen LogP contribution < -0.4 is 0 Å². The fourth-order valence-corrected chi connectivity index (χ4v) is 23.2. The van der Waals surface area contributed by atoms with Crippen molar-refractivity contribution in [3.63, 3.8) is 0 Å². The second kappa shape index (κ2) is 13.1. The third-order valence-corrected chi connectivity index (χ3v) is 45.5. The Hall–Kier alpha value is 10.7. The molecular weight excluding hydrogens is 2070 g/mol. The molecule has 0 saturated carbocycles. The summed E-state index contributed by atoms with van der Waals surface area (Å²) < 4.78 is 36.9. The maximum Gasteiger partial charge on any atom is 0.412 e. The van der Waals surface area contributed by atoms with E-state index in [9.17, 15) is 13.2 Å². The summed E-state index contributed by atoms with van der Waals surface area (Å²) in [6, 6.07) is 0. The Morgan fingerprint density at radius 3 is 0.963 bits per heavy atom. The van der Waals surface area contributed by atoms with Gasteiger partial charge in [-0.3, -0.25) is 0 Å². The lowest BCUT2D eigenvalue weighted by Gasteiger charge is -2.55. The molecule has 0 aliphatic rings. The maximum absolute atomic E-state index is 13.6. The zero-order valence-electron chi connectivity index (χ0n) is 11.5. The average Bonchev–Trinajstić information content (AvgIpc) is 2.33. The van der Waals surface area contributed by atoms with E-state index in [1.54, 1.807) is 45.2 Å². The van der Waals surface area contributed by atoms with Crippen molar-refractivity contribution in [1.82, 2.24) is 0 Å². The maximum atomic E-state index is 13.6. The van der Waals surface area contributed by atoms with Crippen LogP contribution in [0.3, 0.4) is 0 Å². The van der Waals surface area contributed by atoms with Crippen molar-refractivity contribution in [3.05, 3.63) is 0 Å². The third kappa shape index (κ3) is 8.86. The van der Waals surface area contributed by atoms with Crippen LogP contribution in [-0.2, 0) is 0 Å². The molecule has 0 nitrogen and oxygen atoms in total. The molecule has 0 rings (SSSR count). The summed E-state index contributed by atoms with van der Waals surface area (Å²) in [7, 11) is 0. The number of hydrogen-bond acceptors (Lipinski definition) is 0. The van der Waals surface area contributed by atoms with Crippen molar-refractivity contribution >= 4 is 339 Å². The fraction of sp³-hybridized carbons (Fsp3) is 1.00. The molecule has 0 fully saturated rings. The minimum absolute atomic E-state index is 0.00801. The molecule has 0 saturated heterocycles. The molecule has 0 unspecified atom stereocenters. The van der Waals surface area contributed by atoms with E-state index in [4.69, 9.17) is 0 Å². The van der Waals surface area contributed by atoms with Crippen LogP contribution in [0, 0.1) is 0 Å². The standard InChI is InChI=1S/C9H2F3I15/c10-8(11,12)3(15,16)1-2(13,14)4(17,18)5(19,20)6(21,22)7(23,24)9(25,26)27/h1H2. The van der Waals surface area contributed by atoms with Gasteiger partial charge in [-0.15, -0.1) is 0 Å². The van der Waals surface area contributed by atoms with Gasteiger partial charge in [-0.05, 0) is 0 Å². The van der Waals surface area contributed by atoms with Crippen LogP contribution in [0.25, 0.3) is 0 Å². The van der Waals surface area contributed by atoms with Gasteiger partial charge in [-0.25, -0.2) is 0 Å². The highest BCUT2D eigenvalue weighted by Crippen LogP contribution is 2.77. The van der Waals surface area contributed by atoms with Crippen molar-refractivity contribution < 1.29 is 13.2 Å². The second-order valence-corrected chi connectivity index (χ2v) is 48.6. The molecule has 0 aliphatic heterocycles. The molecule has 0 amide bonds. The largest absolute Gasteiger partial charge is 0.412 e. The minimum atomic E-state index is -4.26. The molecule has 164 valence electrons. The Morgan fingerprint density at radius 1 is 0.407 bits per heavy atom. The number of hydrogen-bond donors (Lipinski definition) is 0. The third-order valence-electron chi connectivity index (χ3n) is 2.86. The highest BCUT2D eigenvalue weighted by atomic mass is 127. The molecule has 0 spiro atoms. The summed E-state index contributed by atoms with van der Waals surface area (Å²) in [5.41, 5.74) is 0. The lowest BCUT2D eigenvalue weighted by Crippen LogP contribution is -2.63. The van der Waals surface area contributed by atoms with Gasteiger partial charge in [0.25, 0.3) is 0 Å². The van der Waals surface area contributed by atoms with Crippen molar-refractivity contribution in [2.75, 3.05) is 0 Å². The lowest BCUT2D eigenvalue weighted by atomic mass is 10.1. The fourth-order valence-electron chi connectivity index (χ4n) is 1.29. The highest BCUT2D eigenvalue weighted by Gasteiger charge is 2.73. The molecular formula is C9H2F3I15. The van der Waals surface area contributed by atoms with E-state index in [1.165, 1.54) is 0 Å². The zero-order valence-corrected chi connectivity index (χ0v) is 43.9. The van der Waals surface area contributed by atoms with Crippen LogP contribution in [0.15, 0.2) is 0 Å². The summed E-state index contributed by atoms with van der Waals surface area (Å²) in [6.45, 7) is 0. The molecule has 0 heterocycles. The first kappa shape index (κ1) is 37.7. The van der Waals surface area contributed by atoms with E-state index in [0.717, 1.165) is 0 Å². The second-order valence-electron chi connectivity index (χ2n) is 4.88. The summed E-state index contributed by atoms with van der Waals surface area (Å²) in [6.07, 6.45) is -4.25. The van der Waals surface area contributed by atoms with Crippen LogP contribution in [-0.4, -0.2) is 14.2 Å². The Balaban J connectivity index is 6.32. The zero-order chi connectivity index (χ0) is 22.7. The van der Waals surface area contributed by atoms with E-state index in [2.05, 4.69) is 294 Å². The summed E-state index contributed by atoms with van der Waals surface area (Å²) >= 11 is 34.6. The topological polar surface area (TPSA) is 0 Å². The number of rotatable bonds is 7. The van der Waals surface area contributed by atoms with E-state index in [0.29, 0.717) is 0 Å². The number of halogens is 18. The van der Waals surface area contributed by atoms with E-state index in [-0.39, 0.29) is 10.1 Å². The van der Waals surface area contributed by atoms with Crippen LogP contribution in [0.2, 0.25) is 0 Å². The molecule has 0 radical (unpaired) electrons. The van der Waals surface area contributed by atoms with Gasteiger partial charge in [0.2, 0.25) is 0 Å². The molecule has 18 heteroatoms. The van der Waals surface area contributed by atoms with Crippen LogP contribution in [0.1, 0.15) is 6.42 Å². The predicted molar refractivity (Wildman–Crippen MR) is 240 cm³/mol. The van der Waals surface area contributed by atoms with Gasteiger partial charge in [0.05, 0.1) is 0 Å². The van der Waals surface area contributed by atoms with Gasteiger partial charge in [0.15, 0.2) is 1.43 Å². The van der Waals surface area contributed by atoms with Crippen molar-refractivity contribution in [1.29, 1.82) is 0 Å². The Morgan fingerprint density at radius 2 is 0.704 bits per heavy atom. The average molecular weight is 2070 g/mol. The van der Waals surface area contributed by atoms with Crippen molar-refractivity contribution in [2.24, 2.45) is 0 Å². The highest BCUT2D eigenvalue weighted by molar-refractivity contribution is 14.3. The summed E-state index contributed by atoms with van der Waals surface area (Å²) in [5.74, 6) is 0. The van der Waals surface area contributed by atoms with Crippen molar-refractivity contribution in [2.45, 2.75) is 20.6 Å². The first-order valence-electron chi connectivity index (χ1n) is 5.61. The lowest BCUT2D eigenvalue weighted by molar-refractivity contribution is -0.130. The first-order valence-corrected chi connectivity index (χ1v) is 21.8. The van der Waals surface area contributed by atoms with Crippen LogP contribution in [0.5, 0.6) is 0 Å². The van der Waals surface area contributed by atoms with Gasteiger partial charge in [-0.2, -0.15) is 13.2 Å². The molecule has 0 bridgehead atoms. The Labute approximate surface area is 361 Å². The molecule has 0 aliphatic carbocycles. The molecule has 27 heavy (non-hydrogen) atoms. The van der Waals surface area contributed by atoms with Crippen LogP contribution >= 0.6 is 339 Å². The normalized spacial score (nSPS) is 16.7. The van der Waals surface area contributed by atoms with Gasteiger partial charge in [-0.1, -0.05) is 339 Å². The van der Waals surface area contributed by atoms with E-state index >= 15 is 0 Å². The summed E-state index contributed by atoms with van der Waals surface area (Å²) in [4.78, 5) is 0. The van der Waals surface area contributed by atoms with Gasteiger partial charge < -0.3 is 0 Å². The van der Waals surface area contributed by atoms with E-state index in [1.807, 2.05) is 0 Å². The smallest absolute Gasteiger partial charge is 0.169 e. The quantitative estimate of drug-likeness (QED) is 0.176. The first-order chi connectivity index (χ1) is 11.2. The molecule has 0 aromatic carbocycles. The van der Waals surface area contributed by atoms with Crippen molar-refractivity contribution in [3.8, 4) is 0 Å². The summed E-state index contributed by atoms with van der Waals surface area (Å²) in [5, 5.41) is 0. The van der Waals surface area contributed by atoms with Gasteiger partial charge >= 0.3 is 6.18 Å². The Kier molecular flexibility index (Phi) is 18.4. The minimum Gasteiger partial charge on any atom is -0.169 e. The predicted octanol–water partition coefficient (Wildman–Crippen LogP) is 13.3. The van der Waals surface area contributed by atoms with E-state index < -0.39 is 10.5 Å². The van der Waals surface area contributed by atoms with Crippen LogP contribution in [0.4, 0.5) is 13.2 Å². The molecule has 0 aromatic heterocycles. The Bertz CT molecular complexity index is 544. The SMILES string of the molecule is FC(F)(F)C(I)(I)CC(I)(I)C(I)(I)C(I)(I)C(I)(I)C(I)(I)C(I)(I)I. The number of alkyl halides is 18.